The molecule has 1 aliphatic heterocycles. The maximum atomic E-state index is 14.2. The van der Waals surface area contributed by atoms with Gasteiger partial charge in [0.15, 0.2) is 22.9 Å². The number of hydrogen-bond acceptors (Lipinski definition) is 10. The number of benzene rings is 4. The van der Waals surface area contributed by atoms with Gasteiger partial charge in [0, 0.05) is 0 Å². The maximum absolute atomic E-state index is 14.2. The summed E-state index contributed by atoms with van der Waals surface area (Å²) in [7, 11) is 1.28. The van der Waals surface area contributed by atoms with E-state index in [0.717, 1.165) is 25.8 Å². The SMILES string of the molecule is CCOC(=O)C1=C(C)N=c2s/c(=C\c3ccc(OCc4ccc5ccccc5c4)c(I)c3)c(=O)n2[C@@H]1c1ccc(OCC(=O)OC)c(OCC)c1. The summed E-state index contributed by atoms with van der Waals surface area (Å²) in [5.41, 5.74) is 2.83. The van der Waals surface area contributed by atoms with Crippen LogP contribution in [0.2, 0.25) is 0 Å². The van der Waals surface area contributed by atoms with E-state index in [-0.39, 0.29) is 24.3 Å². The largest absolute Gasteiger partial charge is 0.490 e. The molecule has 0 saturated carbocycles. The molecule has 6 rings (SSSR count). The Bertz CT molecular complexity index is 2350. The Morgan fingerprint density at radius 2 is 1.69 bits per heavy atom. The van der Waals surface area contributed by atoms with Crippen LogP contribution in [-0.2, 0) is 25.7 Å². The van der Waals surface area contributed by atoms with Crippen molar-refractivity contribution in [2.75, 3.05) is 26.9 Å². The summed E-state index contributed by atoms with van der Waals surface area (Å²) in [6, 6.07) is 24.5. The fourth-order valence-electron chi connectivity index (χ4n) is 5.75. The number of esters is 2. The van der Waals surface area contributed by atoms with Crippen LogP contribution in [0.4, 0.5) is 0 Å². The van der Waals surface area contributed by atoms with Crippen molar-refractivity contribution in [3.63, 3.8) is 0 Å². The second kappa shape index (κ2) is 15.9. The quantitative estimate of drug-likeness (QED) is 0.110. The first-order valence-electron chi connectivity index (χ1n) is 16.3. The molecule has 0 bridgehead atoms. The minimum absolute atomic E-state index is 0.151. The van der Waals surface area contributed by atoms with Crippen molar-refractivity contribution in [2.45, 2.75) is 33.4 Å². The standard InChI is InChI=1S/C39H35IN2O8S/c1-5-47-32-20-28(14-16-31(32)50-22-34(43)46-4)36-35(38(45)48-6-2)23(3)41-39-42(36)37(44)33(51-39)19-24-12-15-30(29(40)18-24)49-21-25-11-13-26-9-7-8-10-27(26)17-25/h7-20,36H,5-6,21-22H2,1-4H3/b33-19-/t36-/m1/s1. The van der Waals surface area contributed by atoms with Crippen LogP contribution in [0.3, 0.4) is 0 Å². The number of rotatable bonds is 12. The normalized spacial score (nSPS) is 14.1. The Morgan fingerprint density at radius 1 is 0.902 bits per heavy atom. The number of aromatic nitrogens is 1. The van der Waals surface area contributed by atoms with Crippen LogP contribution >= 0.6 is 33.9 Å². The first kappa shape index (κ1) is 35.9. The highest BCUT2D eigenvalue weighted by Gasteiger charge is 2.34. The second-order valence-electron chi connectivity index (χ2n) is 11.5. The van der Waals surface area contributed by atoms with Crippen molar-refractivity contribution in [2.24, 2.45) is 4.99 Å². The van der Waals surface area contributed by atoms with Gasteiger partial charge in [-0.2, -0.15) is 0 Å². The van der Waals surface area contributed by atoms with E-state index < -0.39 is 18.0 Å². The molecule has 5 aromatic rings. The highest BCUT2D eigenvalue weighted by atomic mass is 127. The molecule has 1 aliphatic rings. The Balaban J connectivity index is 1.34. The van der Waals surface area contributed by atoms with E-state index in [1.807, 2.05) is 43.3 Å². The van der Waals surface area contributed by atoms with Gasteiger partial charge in [-0.3, -0.25) is 9.36 Å². The Hall–Kier alpha value is -4.95. The van der Waals surface area contributed by atoms with E-state index in [1.165, 1.54) is 28.4 Å². The zero-order valence-corrected chi connectivity index (χ0v) is 31.4. The molecule has 0 unspecified atom stereocenters. The third-order valence-corrected chi connectivity index (χ3v) is 9.96. The Kier molecular flexibility index (Phi) is 11.2. The molecule has 10 nitrogen and oxygen atoms in total. The average Bonchev–Trinajstić information content (AvgIpc) is 3.43. The van der Waals surface area contributed by atoms with Crippen LogP contribution in [0.25, 0.3) is 16.8 Å². The van der Waals surface area contributed by atoms with E-state index in [2.05, 4.69) is 57.9 Å². The van der Waals surface area contributed by atoms with E-state index in [9.17, 15) is 14.4 Å². The lowest BCUT2D eigenvalue weighted by Gasteiger charge is -2.25. The Labute approximate surface area is 311 Å². The lowest BCUT2D eigenvalue weighted by atomic mass is 9.95. The van der Waals surface area contributed by atoms with E-state index in [0.29, 0.717) is 45.3 Å². The lowest BCUT2D eigenvalue weighted by molar-refractivity contribution is -0.143. The summed E-state index contributed by atoms with van der Waals surface area (Å²) in [5, 5.41) is 2.34. The number of fused-ring (bicyclic) bond motifs is 2. The van der Waals surface area contributed by atoms with Crippen LogP contribution in [-0.4, -0.2) is 43.4 Å². The van der Waals surface area contributed by atoms with Gasteiger partial charge in [-0.05, 0) is 107 Å². The van der Waals surface area contributed by atoms with Gasteiger partial charge in [0.25, 0.3) is 5.56 Å². The van der Waals surface area contributed by atoms with Gasteiger partial charge in [-0.25, -0.2) is 14.6 Å². The smallest absolute Gasteiger partial charge is 0.343 e. The predicted octanol–water partition coefficient (Wildman–Crippen LogP) is 6.09. The van der Waals surface area contributed by atoms with Crippen LogP contribution in [0.1, 0.15) is 43.5 Å². The minimum atomic E-state index is -0.859. The highest BCUT2D eigenvalue weighted by molar-refractivity contribution is 14.1. The van der Waals surface area contributed by atoms with Gasteiger partial charge < -0.3 is 23.7 Å². The summed E-state index contributed by atoms with van der Waals surface area (Å²) in [6.07, 6.45) is 1.81. The van der Waals surface area contributed by atoms with Crippen molar-refractivity contribution in [1.82, 2.24) is 4.57 Å². The molecule has 1 atom stereocenters. The van der Waals surface area contributed by atoms with Crippen LogP contribution < -0.4 is 29.1 Å². The highest BCUT2D eigenvalue weighted by Crippen LogP contribution is 2.36. The first-order valence-corrected chi connectivity index (χ1v) is 18.2. The molecular weight excluding hydrogens is 783 g/mol. The number of allylic oxidation sites excluding steroid dienone is 1. The van der Waals surface area contributed by atoms with Gasteiger partial charge in [-0.1, -0.05) is 59.9 Å². The molecule has 12 heteroatoms. The minimum Gasteiger partial charge on any atom is -0.490 e. The third-order valence-electron chi connectivity index (χ3n) is 8.14. The van der Waals surface area contributed by atoms with Crippen molar-refractivity contribution < 1.29 is 33.3 Å². The number of methoxy groups -OCH3 is 1. The average molecular weight is 819 g/mol. The Morgan fingerprint density at radius 3 is 2.43 bits per heavy atom. The first-order chi connectivity index (χ1) is 24.7. The van der Waals surface area contributed by atoms with Crippen molar-refractivity contribution in [3.05, 3.63) is 130 Å². The third kappa shape index (κ3) is 7.86. The molecule has 262 valence electrons. The molecule has 0 radical (unpaired) electrons. The summed E-state index contributed by atoms with van der Waals surface area (Å²) in [5.74, 6) is 0.277. The van der Waals surface area contributed by atoms with Crippen LogP contribution in [0.5, 0.6) is 17.2 Å². The molecule has 0 N–H and O–H groups in total. The van der Waals surface area contributed by atoms with E-state index >= 15 is 0 Å². The molecule has 0 spiro atoms. The molecule has 0 saturated heterocycles. The zero-order valence-electron chi connectivity index (χ0n) is 28.4. The number of carbonyl (C=O) groups excluding carboxylic acids is 2. The number of carbonyl (C=O) groups is 2. The molecule has 0 fully saturated rings. The number of halogens is 1. The fourth-order valence-corrected chi connectivity index (χ4v) is 7.49. The number of thiazole rings is 1. The molecular formula is C39H35IN2O8S. The summed E-state index contributed by atoms with van der Waals surface area (Å²) in [4.78, 5) is 44.5. The topological polar surface area (TPSA) is 115 Å². The van der Waals surface area contributed by atoms with Gasteiger partial charge in [0.2, 0.25) is 0 Å². The molecule has 0 aliphatic carbocycles. The van der Waals surface area contributed by atoms with Crippen molar-refractivity contribution in [1.29, 1.82) is 0 Å². The molecule has 1 aromatic heterocycles. The van der Waals surface area contributed by atoms with E-state index in [1.54, 1.807) is 32.0 Å². The maximum Gasteiger partial charge on any atom is 0.343 e. The molecule has 2 heterocycles. The van der Waals surface area contributed by atoms with Gasteiger partial charge in [0.05, 0.1) is 45.7 Å². The lowest BCUT2D eigenvalue weighted by Crippen LogP contribution is -2.40. The number of ether oxygens (including phenoxy) is 5. The molecule has 4 aromatic carbocycles. The molecule has 0 amide bonds. The van der Waals surface area contributed by atoms with Gasteiger partial charge in [0.1, 0.15) is 12.4 Å². The summed E-state index contributed by atoms with van der Waals surface area (Å²) >= 11 is 3.47. The second-order valence-corrected chi connectivity index (χ2v) is 13.6. The van der Waals surface area contributed by atoms with Crippen LogP contribution in [0, 0.1) is 3.57 Å². The number of nitrogens with zero attached hydrogens (tertiary/aromatic N) is 2. The van der Waals surface area contributed by atoms with Crippen molar-refractivity contribution >= 4 is 62.7 Å². The monoisotopic (exact) mass is 818 g/mol. The zero-order chi connectivity index (χ0) is 36.1. The molecule has 51 heavy (non-hydrogen) atoms. The predicted molar refractivity (Wildman–Crippen MR) is 203 cm³/mol. The summed E-state index contributed by atoms with van der Waals surface area (Å²) in [6.45, 7) is 5.84. The van der Waals surface area contributed by atoms with Crippen molar-refractivity contribution in [3.8, 4) is 17.2 Å². The summed E-state index contributed by atoms with van der Waals surface area (Å²) < 4.78 is 30.7. The van der Waals surface area contributed by atoms with Gasteiger partial charge >= 0.3 is 11.9 Å². The fraction of sp³-hybridized carbons (Fsp3) is 0.231. The number of hydrogen-bond donors (Lipinski definition) is 0. The van der Waals surface area contributed by atoms with Crippen LogP contribution in [0.15, 0.2) is 99.9 Å². The van der Waals surface area contributed by atoms with Gasteiger partial charge in [-0.15, -0.1) is 0 Å². The van der Waals surface area contributed by atoms with E-state index in [4.69, 9.17) is 23.7 Å².